The first-order valence-corrected chi connectivity index (χ1v) is 9.39. The summed E-state index contributed by atoms with van der Waals surface area (Å²) < 4.78 is 30.0. The number of benzene rings is 2. The Morgan fingerprint density at radius 3 is 2.46 bits per heavy atom. The van der Waals surface area contributed by atoms with Crippen LogP contribution in [-0.4, -0.2) is 20.3 Å². The van der Waals surface area contributed by atoms with E-state index in [0.717, 1.165) is 24.2 Å². The van der Waals surface area contributed by atoms with Gasteiger partial charge in [0, 0.05) is 0 Å². The number of nitrogens with zero attached hydrogens (tertiary/aromatic N) is 1. The second-order valence-corrected chi connectivity index (χ2v) is 7.47. The molecule has 0 saturated heterocycles. The zero-order valence-electron chi connectivity index (χ0n) is 13.4. The number of carbonyl (C=O) groups excluding carboxylic acids is 1. The Morgan fingerprint density at radius 1 is 1.04 bits per heavy atom. The summed E-state index contributed by atoms with van der Waals surface area (Å²) in [6.45, 7) is 2.99. The van der Waals surface area contributed by atoms with Gasteiger partial charge in [0.05, 0.1) is 18.8 Å². The highest BCUT2D eigenvalue weighted by molar-refractivity contribution is 8.07. The molecule has 1 heterocycles. The molecule has 0 radical (unpaired) electrons. The van der Waals surface area contributed by atoms with E-state index in [1.54, 1.807) is 18.2 Å². The first-order chi connectivity index (χ1) is 11.5. The largest absolute Gasteiger partial charge is 0.494 e. The molecule has 1 aliphatic rings. The lowest BCUT2D eigenvalue weighted by Gasteiger charge is -2.16. The Labute approximate surface area is 141 Å². The summed E-state index contributed by atoms with van der Waals surface area (Å²) >= 11 is 0. The summed E-state index contributed by atoms with van der Waals surface area (Å²) in [7, 11) is -3.91. The van der Waals surface area contributed by atoms with Crippen LogP contribution in [0.25, 0.3) is 0 Å². The molecule has 6 heteroatoms. The van der Waals surface area contributed by atoms with E-state index in [-0.39, 0.29) is 11.4 Å². The van der Waals surface area contributed by atoms with Crippen molar-refractivity contribution in [2.45, 2.75) is 31.2 Å². The fraction of sp³-hybridized carbons (Fsp3) is 0.278. The molecular weight excluding hydrogens is 326 g/mol. The fourth-order valence-corrected chi connectivity index (χ4v) is 3.96. The smallest absolute Gasteiger partial charge is 0.348 e. The van der Waals surface area contributed by atoms with Crippen molar-refractivity contribution in [2.75, 3.05) is 11.5 Å². The van der Waals surface area contributed by atoms with Crippen LogP contribution in [0.4, 0.5) is 10.5 Å². The van der Waals surface area contributed by atoms with E-state index in [0.29, 0.717) is 12.3 Å². The number of amides is 1. The third kappa shape index (κ3) is 3.01. The molecule has 0 atom stereocenters. The molecule has 0 saturated carbocycles. The highest BCUT2D eigenvalue weighted by atomic mass is 32.2. The van der Waals surface area contributed by atoms with E-state index in [4.69, 9.17) is 4.74 Å². The van der Waals surface area contributed by atoms with Crippen molar-refractivity contribution in [3.8, 4) is 5.75 Å². The SMILES string of the molecule is CCCCOc1ccc(CN2C(=O)S(=O)(=O)c3ccccc32)cc1. The maximum absolute atomic E-state index is 12.2. The van der Waals surface area contributed by atoms with Crippen molar-refractivity contribution in [3.05, 3.63) is 54.1 Å². The molecule has 0 aromatic heterocycles. The minimum Gasteiger partial charge on any atom is -0.494 e. The van der Waals surface area contributed by atoms with Gasteiger partial charge in [-0.2, -0.15) is 0 Å². The lowest BCUT2D eigenvalue weighted by atomic mass is 10.2. The minimum atomic E-state index is -3.91. The third-order valence-corrected chi connectivity index (χ3v) is 5.53. The molecule has 3 rings (SSSR count). The van der Waals surface area contributed by atoms with Gasteiger partial charge in [-0.25, -0.2) is 8.42 Å². The Balaban J connectivity index is 1.78. The number of unbranched alkanes of at least 4 members (excludes halogenated alkanes) is 1. The van der Waals surface area contributed by atoms with Crippen molar-refractivity contribution < 1.29 is 17.9 Å². The highest BCUT2D eigenvalue weighted by Crippen LogP contribution is 2.36. The third-order valence-electron chi connectivity index (χ3n) is 3.93. The Kier molecular flexibility index (Phi) is 4.57. The van der Waals surface area contributed by atoms with Crippen LogP contribution in [0, 0.1) is 0 Å². The summed E-state index contributed by atoms with van der Waals surface area (Å²) in [6.07, 6.45) is 2.07. The second-order valence-electron chi connectivity index (χ2n) is 5.67. The second kappa shape index (κ2) is 6.65. The van der Waals surface area contributed by atoms with Crippen LogP contribution in [0.2, 0.25) is 0 Å². The van der Waals surface area contributed by atoms with E-state index in [1.165, 1.54) is 11.0 Å². The Hall–Kier alpha value is -2.34. The van der Waals surface area contributed by atoms with Crippen molar-refractivity contribution >= 4 is 20.8 Å². The van der Waals surface area contributed by atoms with E-state index >= 15 is 0 Å². The molecule has 2 aromatic rings. The number of hydrogen-bond acceptors (Lipinski definition) is 4. The summed E-state index contributed by atoms with van der Waals surface area (Å²) in [5.41, 5.74) is 1.28. The maximum Gasteiger partial charge on any atom is 0.348 e. The predicted molar refractivity (Wildman–Crippen MR) is 92.1 cm³/mol. The fourth-order valence-electron chi connectivity index (χ4n) is 2.60. The Bertz CT molecular complexity index is 844. The standard InChI is InChI=1S/C18H19NO4S/c1-2-3-12-23-15-10-8-14(9-11-15)13-19-16-6-4-5-7-17(16)24(21,22)18(19)20/h4-11H,2-3,12-13H2,1H3. The van der Waals surface area contributed by atoms with Crippen molar-refractivity contribution in [1.29, 1.82) is 0 Å². The van der Waals surface area contributed by atoms with Gasteiger partial charge in [-0.1, -0.05) is 37.6 Å². The average Bonchev–Trinajstić information content (AvgIpc) is 2.78. The van der Waals surface area contributed by atoms with Crippen LogP contribution in [0.5, 0.6) is 5.75 Å². The quantitative estimate of drug-likeness (QED) is 0.748. The number of rotatable bonds is 6. The normalized spacial score (nSPS) is 15.4. The van der Waals surface area contributed by atoms with Crippen molar-refractivity contribution in [3.63, 3.8) is 0 Å². The molecule has 0 fully saturated rings. The molecule has 2 aromatic carbocycles. The van der Waals surface area contributed by atoms with Gasteiger partial charge in [0.15, 0.2) is 0 Å². The van der Waals surface area contributed by atoms with E-state index in [9.17, 15) is 13.2 Å². The van der Waals surface area contributed by atoms with Gasteiger partial charge in [-0.3, -0.25) is 9.69 Å². The van der Waals surface area contributed by atoms with Crippen molar-refractivity contribution in [2.24, 2.45) is 0 Å². The van der Waals surface area contributed by atoms with Crippen molar-refractivity contribution in [1.82, 2.24) is 0 Å². The summed E-state index contributed by atoms with van der Waals surface area (Å²) in [6, 6.07) is 13.8. The molecule has 0 N–H and O–H groups in total. The number of hydrogen-bond donors (Lipinski definition) is 0. The highest BCUT2D eigenvalue weighted by Gasteiger charge is 2.41. The molecular formula is C18H19NO4S. The zero-order valence-corrected chi connectivity index (χ0v) is 14.3. The first-order valence-electron chi connectivity index (χ1n) is 7.91. The van der Waals surface area contributed by atoms with Gasteiger partial charge in [0.1, 0.15) is 10.6 Å². The van der Waals surface area contributed by atoms with Crippen LogP contribution in [0.1, 0.15) is 25.3 Å². The molecule has 126 valence electrons. The molecule has 1 amide bonds. The predicted octanol–water partition coefficient (Wildman–Crippen LogP) is 3.78. The maximum atomic E-state index is 12.2. The molecule has 0 spiro atoms. The van der Waals surface area contributed by atoms with Crippen LogP contribution in [-0.2, 0) is 16.4 Å². The lowest BCUT2D eigenvalue weighted by molar-refractivity contribution is 0.263. The number of fused-ring (bicyclic) bond motifs is 1. The van der Waals surface area contributed by atoms with Gasteiger partial charge < -0.3 is 4.74 Å². The number of carbonyl (C=O) groups is 1. The number of para-hydroxylation sites is 1. The topological polar surface area (TPSA) is 63.7 Å². The number of anilines is 1. The first kappa shape index (κ1) is 16.5. The van der Waals surface area contributed by atoms with Gasteiger partial charge in [0.2, 0.25) is 0 Å². The van der Waals surface area contributed by atoms with E-state index in [1.807, 2.05) is 24.3 Å². The van der Waals surface area contributed by atoms with E-state index in [2.05, 4.69) is 6.92 Å². The minimum absolute atomic E-state index is 0.0783. The Morgan fingerprint density at radius 2 is 1.75 bits per heavy atom. The summed E-state index contributed by atoms with van der Waals surface area (Å²) in [5.74, 6) is 0.771. The van der Waals surface area contributed by atoms with E-state index < -0.39 is 15.1 Å². The van der Waals surface area contributed by atoms with Crippen LogP contribution < -0.4 is 9.64 Å². The number of ether oxygens (including phenoxy) is 1. The molecule has 0 unspecified atom stereocenters. The van der Waals surface area contributed by atoms with Crippen LogP contribution >= 0.6 is 0 Å². The average molecular weight is 345 g/mol. The van der Waals surface area contributed by atoms with Gasteiger partial charge in [-0.15, -0.1) is 0 Å². The van der Waals surface area contributed by atoms with Crippen LogP contribution in [0.15, 0.2) is 53.4 Å². The number of sulfone groups is 1. The molecule has 1 aliphatic heterocycles. The molecule has 0 bridgehead atoms. The van der Waals surface area contributed by atoms with Crippen LogP contribution in [0.3, 0.4) is 0 Å². The molecule has 5 nitrogen and oxygen atoms in total. The summed E-state index contributed by atoms with van der Waals surface area (Å²) in [4.78, 5) is 13.6. The monoisotopic (exact) mass is 345 g/mol. The molecule has 24 heavy (non-hydrogen) atoms. The van der Waals surface area contributed by atoms with Gasteiger partial charge in [0.25, 0.3) is 9.84 Å². The summed E-state index contributed by atoms with van der Waals surface area (Å²) in [5, 5.41) is -0.869. The van der Waals surface area contributed by atoms with Gasteiger partial charge >= 0.3 is 5.24 Å². The molecule has 0 aliphatic carbocycles. The zero-order chi connectivity index (χ0) is 17.2. The van der Waals surface area contributed by atoms with Gasteiger partial charge in [-0.05, 0) is 36.2 Å². The lowest BCUT2D eigenvalue weighted by Crippen LogP contribution is -2.27.